The largest absolute Gasteiger partial charge is 0.418 e. The lowest BCUT2D eigenvalue weighted by Gasteiger charge is -2.27. The minimum absolute atomic E-state index is 0.0110. The number of pyridine rings is 2. The lowest BCUT2D eigenvalue weighted by atomic mass is 10.0. The van der Waals surface area contributed by atoms with Crippen LogP contribution < -0.4 is 10.2 Å². The molecule has 11 heteroatoms. The number of rotatable bonds is 4. The van der Waals surface area contributed by atoms with Crippen LogP contribution in [0.4, 0.5) is 24.7 Å². The van der Waals surface area contributed by atoms with Crippen LogP contribution in [0.25, 0.3) is 16.6 Å². The number of aliphatic hydroxyl groups is 1. The number of anilines is 2. The highest BCUT2D eigenvalue weighted by molar-refractivity contribution is 5.94. The smallest absolute Gasteiger partial charge is 0.379 e. The van der Waals surface area contributed by atoms with Gasteiger partial charge in [-0.25, -0.2) is 9.50 Å². The molecule has 1 atom stereocenters. The summed E-state index contributed by atoms with van der Waals surface area (Å²) in [5.74, 6) is 0.372. The summed E-state index contributed by atoms with van der Waals surface area (Å²) in [6, 6.07) is 8.66. The Bertz CT molecular complexity index is 1290. The number of hydrogen-bond acceptors (Lipinski definition) is 6. The predicted octanol–water partition coefficient (Wildman–Crippen LogP) is 3.12. The van der Waals surface area contributed by atoms with Gasteiger partial charge < -0.3 is 15.3 Å². The molecule has 0 unspecified atom stereocenters. The van der Waals surface area contributed by atoms with Crippen LogP contribution >= 0.6 is 0 Å². The molecule has 2 N–H and O–H groups in total. The van der Waals surface area contributed by atoms with Crippen molar-refractivity contribution in [3.05, 3.63) is 42.4 Å². The summed E-state index contributed by atoms with van der Waals surface area (Å²) in [6.07, 6.45) is -0.437. The summed E-state index contributed by atoms with van der Waals surface area (Å²) < 4.78 is 41.5. The summed E-state index contributed by atoms with van der Waals surface area (Å²) in [7, 11) is 0. The molecule has 33 heavy (non-hydrogen) atoms. The Morgan fingerprint density at radius 2 is 2.09 bits per heavy atom. The predicted molar refractivity (Wildman–Crippen MR) is 112 cm³/mol. The molecule has 5 rings (SSSR count). The highest BCUT2D eigenvalue weighted by Gasteiger charge is 2.57. The Labute approximate surface area is 186 Å². The van der Waals surface area contributed by atoms with Crippen molar-refractivity contribution in [2.24, 2.45) is 5.92 Å². The summed E-state index contributed by atoms with van der Waals surface area (Å²) >= 11 is 0. The van der Waals surface area contributed by atoms with Crippen molar-refractivity contribution in [1.82, 2.24) is 14.6 Å². The summed E-state index contributed by atoms with van der Waals surface area (Å²) in [4.78, 5) is 17.5. The van der Waals surface area contributed by atoms with E-state index in [0.29, 0.717) is 28.1 Å². The molecule has 0 bridgehead atoms. The Kier molecular flexibility index (Phi) is 4.79. The fraction of sp³-hybridized carbons (Fsp3) is 0.364. The molecule has 0 aromatic carbocycles. The Morgan fingerprint density at radius 3 is 2.76 bits per heavy atom. The fourth-order valence-corrected chi connectivity index (χ4v) is 4.02. The van der Waals surface area contributed by atoms with E-state index < -0.39 is 24.7 Å². The normalized spacial score (nSPS) is 20.8. The number of nitriles is 1. The number of nitrogens with zero attached hydrogens (tertiary/aromatic N) is 5. The SMILES string of the molecule is N#Cc1cc(-c2ccn3nc(NC(=O)C4CC4)cc3c2)c(N2CC[C@](O)(C(F)(F)F)C2)cn1. The van der Waals surface area contributed by atoms with Gasteiger partial charge in [-0.2, -0.15) is 23.5 Å². The van der Waals surface area contributed by atoms with Crippen molar-refractivity contribution < 1.29 is 23.1 Å². The van der Waals surface area contributed by atoms with Gasteiger partial charge in [0.25, 0.3) is 0 Å². The third kappa shape index (κ3) is 3.87. The fourth-order valence-electron chi connectivity index (χ4n) is 4.02. The van der Waals surface area contributed by atoms with Gasteiger partial charge in [0.2, 0.25) is 5.91 Å². The lowest BCUT2D eigenvalue weighted by Crippen LogP contribution is -2.47. The number of amides is 1. The highest BCUT2D eigenvalue weighted by Crippen LogP contribution is 2.41. The molecule has 0 radical (unpaired) electrons. The van der Waals surface area contributed by atoms with Gasteiger partial charge >= 0.3 is 6.18 Å². The van der Waals surface area contributed by atoms with Gasteiger partial charge in [-0.1, -0.05) is 0 Å². The molecule has 3 aromatic heterocycles. The number of carbonyl (C=O) groups is 1. The number of hydrogen-bond donors (Lipinski definition) is 2. The van der Waals surface area contributed by atoms with E-state index in [-0.39, 0.29) is 24.1 Å². The maximum absolute atomic E-state index is 13.3. The summed E-state index contributed by atoms with van der Waals surface area (Å²) in [5.41, 5.74) is -0.486. The van der Waals surface area contributed by atoms with Crippen LogP contribution in [0, 0.1) is 17.2 Å². The molecular weight excluding hydrogens is 437 g/mol. The second-order valence-corrected chi connectivity index (χ2v) is 8.48. The van der Waals surface area contributed by atoms with Crippen LogP contribution in [0.2, 0.25) is 0 Å². The number of nitrogens with one attached hydrogen (secondary N) is 1. The van der Waals surface area contributed by atoms with E-state index in [0.717, 1.165) is 12.8 Å². The summed E-state index contributed by atoms with van der Waals surface area (Å²) in [6.45, 7) is -0.633. The molecule has 3 aromatic rings. The molecule has 1 aliphatic heterocycles. The van der Waals surface area contributed by atoms with E-state index in [1.54, 1.807) is 28.9 Å². The van der Waals surface area contributed by atoms with Crippen LogP contribution in [0.1, 0.15) is 25.0 Å². The standard InChI is InChI=1S/C22H19F3N6O2/c23-22(24,25)21(33)4-6-30(12-21)18-11-27-15(10-26)8-17(18)14-3-5-31-16(7-14)9-19(29-31)28-20(32)13-1-2-13/h3,5,7-9,11,13,33H,1-2,4,6,12H2,(H,28,29,32)/t21-/m1/s1. The second-order valence-electron chi connectivity index (χ2n) is 8.48. The first-order valence-electron chi connectivity index (χ1n) is 10.4. The second kappa shape index (κ2) is 7.45. The average molecular weight is 456 g/mol. The van der Waals surface area contributed by atoms with E-state index in [1.165, 1.54) is 17.2 Å². The lowest BCUT2D eigenvalue weighted by molar-refractivity contribution is -0.250. The van der Waals surface area contributed by atoms with Gasteiger partial charge in [0.15, 0.2) is 11.4 Å². The molecule has 170 valence electrons. The van der Waals surface area contributed by atoms with Gasteiger partial charge in [-0.05, 0) is 36.6 Å². The van der Waals surface area contributed by atoms with Crippen LogP contribution in [0.3, 0.4) is 0 Å². The molecule has 1 aliphatic carbocycles. The van der Waals surface area contributed by atoms with Gasteiger partial charge in [0, 0.05) is 36.7 Å². The Hall–Kier alpha value is -3.65. The van der Waals surface area contributed by atoms with E-state index in [4.69, 9.17) is 0 Å². The van der Waals surface area contributed by atoms with Gasteiger partial charge in [-0.15, -0.1) is 0 Å². The molecular formula is C22H19F3N6O2. The van der Waals surface area contributed by atoms with Crippen molar-refractivity contribution in [3.63, 3.8) is 0 Å². The van der Waals surface area contributed by atoms with Crippen molar-refractivity contribution >= 4 is 22.9 Å². The van der Waals surface area contributed by atoms with Crippen LogP contribution in [-0.4, -0.2) is 50.5 Å². The first-order chi connectivity index (χ1) is 15.7. The third-order valence-electron chi connectivity index (χ3n) is 6.09. The molecule has 4 heterocycles. The molecule has 8 nitrogen and oxygen atoms in total. The van der Waals surface area contributed by atoms with E-state index in [1.807, 2.05) is 6.07 Å². The quantitative estimate of drug-likeness (QED) is 0.625. The zero-order chi connectivity index (χ0) is 23.4. The molecule has 2 aliphatic rings. The minimum Gasteiger partial charge on any atom is -0.379 e. The first kappa shape index (κ1) is 21.2. The number of aromatic nitrogens is 3. The zero-order valence-electron chi connectivity index (χ0n) is 17.3. The van der Waals surface area contributed by atoms with Crippen molar-refractivity contribution in [2.75, 3.05) is 23.3 Å². The number of halogens is 3. The number of β-amino-alcohol motifs (C(OH)–C–C–N with tert-alkyl or cyclic N) is 1. The average Bonchev–Trinajstić information content (AvgIpc) is 3.44. The van der Waals surface area contributed by atoms with Gasteiger partial charge in [0.05, 0.1) is 23.9 Å². The van der Waals surface area contributed by atoms with E-state index >= 15 is 0 Å². The molecule has 0 spiro atoms. The zero-order valence-corrected chi connectivity index (χ0v) is 17.3. The number of fused-ring (bicyclic) bond motifs is 1. The highest BCUT2D eigenvalue weighted by atomic mass is 19.4. The van der Waals surface area contributed by atoms with Crippen molar-refractivity contribution in [3.8, 4) is 17.2 Å². The minimum atomic E-state index is -4.75. The van der Waals surface area contributed by atoms with Crippen LogP contribution in [0.5, 0.6) is 0 Å². The van der Waals surface area contributed by atoms with E-state index in [9.17, 15) is 28.3 Å². The Morgan fingerprint density at radius 1 is 1.30 bits per heavy atom. The van der Waals surface area contributed by atoms with E-state index in [2.05, 4.69) is 15.4 Å². The molecule has 1 amide bonds. The first-order valence-corrected chi connectivity index (χ1v) is 10.4. The van der Waals surface area contributed by atoms with Gasteiger partial charge in [0.1, 0.15) is 11.8 Å². The molecule has 1 saturated heterocycles. The van der Waals surface area contributed by atoms with Crippen molar-refractivity contribution in [2.45, 2.75) is 31.0 Å². The summed E-state index contributed by atoms with van der Waals surface area (Å²) in [5, 5.41) is 26.5. The van der Waals surface area contributed by atoms with Crippen LogP contribution in [0.15, 0.2) is 36.7 Å². The molecule has 2 fully saturated rings. The Balaban J connectivity index is 1.50. The molecule has 1 saturated carbocycles. The third-order valence-corrected chi connectivity index (χ3v) is 6.09. The topological polar surface area (TPSA) is 107 Å². The monoisotopic (exact) mass is 456 g/mol. The van der Waals surface area contributed by atoms with Crippen LogP contribution in [-0.2, 0) is 4.79 Å². The maximum atomic E-state index is 13.3. The maximum Gasteiger partial charge on any atom is 0.418 e. The van der Waals surface area contributed by atoms with Crippen molar-refractivity contribution in [1.29, 1.82) is 5.26 Å². The number of carbonyl (C=O) groups excluding carboxylic acids is 1. The van der Waals surface area contributed by atoms with Gasteiger partial charge in [-0.3, -0.25) is 4.79 Å². The number of alkyl halides is 3.